The molecule has 0 aliphatic carbocycles. The predicted molar refractivity (Wildman–Crippen MR) is 93.5 cm³/mol. The predicted octanol–water partition coefficient (Wildman–Crippen LogP) is 5.28. The highest BCUT2D eigenvalue weighted by Gasteiger charge is 2.28. The van der Waals surface area contributed by atoms with E-state index < -0.39 is 23.8 Å². The number of hydrogen-bond donors (Lipinski definition) is 2. The SMILES string of the molecule is CCCCCCCCCCCC=CCC(C(=O)O)C(C)C(=O)O. The molecule has 0 fully saturated rings. The summed E-state index contributed by atoms with van der Waals surface area (Å²) < 4.78 is 0. The number of allylic oxidation sites excluding steroid dienone is 2. The summed E-state index contributed by atoms with van der Waals surface area (Å²) in [6.45, 7) is 3.68. The first-order valence-electron chi connectivity index (χ1n) is 9.11. The molecule has 0 heterocycles. The fourth-order valence-electron chi connectivity index (χ4n) is 2.62. The average molecular weight is 326 g/mol. The van der Waals surface area contributed by atoms with Crippen LogP contribution in [0.1, 0.15) is 84.5 Å². The number of carboxylic acid groups (broad SMARTS) is 2. The first-order valence-corrected chi connectivity index (χ1v) is 9.11. The van der Waals surface area contributed by atoms with Gasteiger partial charge in [-0.05, 0) is 19.3 Å². The van der Waals surface area contributed by atoms with Crippen LogP contribution in [0.2, 0.25) is 0 Å². The lowest BCUT2D eigenvalue weighted by atomic mass is 9.91. The third kappa shape index (κ3) is 11.8. The normalized spacial score (nSPS) is 14.0. The Hall–Kier alpha value is -1.32. The number of aliphatic carboxylic acids is 2. The summed E-state index contributed by atoms with van der Waals surface area (Å²) in [6, 6.07) is 0. The second-order valence-electron chi connectivity index (χ2n) is 6.40. The third-order valence-electron chi connectivity index (χ3n) is 4.34. The molecule has 2 atom stereocenters. The Kier molecular flexibility index (Phi) is 13.5. The van der Waals surface area contributed by atoms with E-state index in [4.69, 9.17) is 10.2 Å². The molecule has 0 saturated carbocycles. The van der Waals surface area contributed by atoms with Crippen molar-refractivity contribution < 1.29 is 19.8 Å². The van der Waals surface area contributed by atoms with Gasteiger partial charge in [-0.15, -0.1) is 0 Å². The lowest BCUT2D eigenvalue weighted by molar-refractivity contribution is -0.152. The van der Waals surface area contributed by atoms with Crippen LogP contribution in [0, 0.1) is 11.8 Å². The molecule has 23 heavy (non-hydrogen) atoms. The van der Waals surface area contributed by atoms with Gasteiger partial charge in [-0.25, -0.2) is 0 Å². The Bertz CT molecular complexity index is 349. The maximum atomic E-state index is 11.1. The molecule has 0 spiro atoms. The summed E-state index contributed by atoms with van der Waals surface area (Å²) in [5.41, 5.74) is 0. The van der Waals surface area contributed by atoms with Crippen LogP contribution in [0.3, 0.4) is 0 Å². The molecule has 0 rings (SSSR count). The van der Waals surface area contributed by atoms with Crippen molar-refractivity contribution in [1.82, 2.24) is 0 Å². The Morgan fingerprint density at radius 2 is 1.35 bits per heavy atom. The van der Waals surface area contributed by atoms with Gasteiger partial charge in [0.25, 0.3) is 0 Å². The number of rotatable bonds is 15. The summed E-state index contributed by atoms with van der Waals surface area (Å²) in [7, 11) is 0. The van der Waals surface area contributed by atoms with Crippen molar-refractivity contribution >= 4 is 11.9 Å². The molecule has 2 N–H and O–H groups in total. The highest BCUT2D eigenvalue weighted by atomic mass is 16.4. The van der Waals surface area contributed by atoms with E-state index in [1.54, 1.807) is 0 Å². The molecule has 0 radical (unpaired) electrons. The minimum atomic E-state index is -1.05. The largest absolute Gasteiger partial charge is 0.481 e. The fourth-order valence-corrected chi connectivity index (χ4v) is 2.62. The fraction of sp³-hybridized carbons (Fsp3) is 0.789. The van der Waals surface area contributed by atoms with E-state index in [-0.39, 0.29) is 0 Å². The van der Waals surface area contributed by atoms with E-state index in [1.807, 2.05) is 12.2 Å². The van der Waals surface area contributed by atoms with Gasteiger partial charge in [0, 0.05) is 0 Å². The summed E-state index contributed by atoms with van der Waals surface area (Å²) in [6.07, 6.45) is 16.7. The molecule has 4 heteroatoms. The lowest BCUT2D eigenvalue weighted by Crippen LogP contribution is -2.27. The zero-order chi connectivity index (χ0) is 17.5. The maximum absolute atomic E-state index is 11.1. The quantitative estimate of drug-likeness (QED) is 0.317. The van der Waals surface area contributed by atoms with Gasteiger partial charge >= 0.3 is 11.9 Å². The van der Waals surface area contributed by atoms with E-state index in [0.29, 0.717) is 6.42 Å². The topological polar surface area (TPSA) is 74.6 Å². The minimum absolute atomic E-state index is 0.292. The summed E-state index contributed by atoms with van der Waals surface area (Å²) in [5, 5.41) is 18.0. The molecule has 0 aliphatic rings. The zero-order valence-electron chi connectivity index (χ0n) is 14.8. The molecule has 0 amide bonds. The first-order chi connectivity index (χ1) is 11.0. The standard InChI is InChI=1S/C19H34O4/c1-3-4-5-6-7-8-9-10-11-12-13-14-15-17(19(22)23)16(2)18(20)21/h13-14,16-17H,3-12,15H2,1-2H3,(H,20,21)(H,22,23). The van der Waals surface area contributed by atoms with Crippen LogP contribution in [0.5, 0.6) is 0 Å². The first kappa shape index (κ1) is 21.7. The Labute approximate surface area is 141 Å². The molecule has 0 aliphatic heterocycles. The molecule has 0 aromatic carbocycles. The van der Waals surface area contributed by atoms with Crippen LogP contribution in [0.15, 0.2) is 12.2 Å². The van der Waals surface area contributed by atoms with Crippen molar-refractivity contribution in [3.8, 4) is 0 Å². The summed E-state index contributed by atoms with van der Waals surface area (Å²) >= 11 is 0. The van der Waals surface area contributed by atoms with Gasteiger partial charge in [0.1, 0.15) is 0 Å². The van der Waals surface area contributed by atoms with E-state index >= 15 is 0 Å². The molecule has 0 aromatic heterocycles. The maximum Gasteiger partial charge on any atom is 0.307 e. The lowest BCUT2D eigenvalue weighted by Gasteiger charge is -2.14. The van der Waals surface area contributed by atoms with E-state index in [9.17, 15) is 9.59 Å². The van der Waals surface area contributed by atoms with Gasteiger partial charge in [-0.3, -0.25) is 9.59 Å². The van der Waals surface area contributed by atoms with E-state index in [0.717, 1.165) is 12.8 Å². The Morgan fingerprint density at radius 3 is 1.83 bits per heavy atom. The van der Waals surface area contributed by atoms with Crippen molar-refractivity contribution in [3.05, 3.63) is 12.2 Å². The van der Waals surface area contributed by atoms with E-state index in [2.05, 4.69) is 6.92 Å². The molecular weight excluding hydrogens is 292 g/mol. The monoisotopic (exact) mass is 326 g/mol. The van der Waals surface area contributed by atoms with Crippen molar-refractivity contribution in [1.29, 1.82) is 0 Å². The van der Waals surface area contributed by atoms with Crippen molar-refractivity contribution in [2.75, 3.05) is 0 Å². The molecule has 0 bridgehead atoms. The van der Waals surface area contributed by atoms with Crippen LogP contribution in [0.25, 0.3) is 0 Å². The van der Waals surface area contributed by atoms with Gasteiger partial charge < -0.3 is 10.2 Å². The highest BCUT2D eigenvalue weighted by molar-refractivity contribution is 5.79. The van der Waals surface area contributed by atoms with Crippen LogP contribution in [-0.2, 0) is 9.59 Å². The minimum Gasteiger partial charge on any atom is -0.481 e. The molecule has 0 saturated heterocycles. The second kappa shape index (κ2) is 14.3. The zero-order valence-corrected chi connectivity index (χ0v) is 14.8. The molecule has 0 aromatic rings. The molecule has 2 unspecified atom stereocenters. The van der Waals surface area contributed by atoms with Gasteiger partial charge in [0.15, 0.2) is 0 Å². The number of carbonyl (C=O) groups is 2. The van der Waals surface area contributed by atoms with Crippen molar-refractivity contribution in [3.63, 3.8) is 0 Å². The van der Waals surface area contributed by atoms with Gasteiger partial charge in [0.2, 0.25) is 0 Å². The Balaban J connectivity index is 3.66. The third-order valence-corrected chi connectivity index (χ3v) is 4.34. The smallest absolute Gasteiger partial charge is 0.307 e. The number of carboxylic acids is 2. The van der Waals surface area contributed by atoms with Crippen molar-refractivity contribution in [2.24, 2.45) is 11.8 Å². The van der Waals surface area contributed by atoms with Gasteiger partial charge in [0.05, 0.1) is 11.8 Å². The summed E-state index contributed by atoms with van der Waals surface area (Å²) in [4.78, 5) is 22.0. The van der Waals surface area contributed by atoms with Crippen LogP contribution < -0.4 is 0 Å². The second-order valence-corrected chi connectivity index (χ2v) is 6.40. The van der Waals surface area contributed by atoms with Gasteiger partial charge in [-0.2, -0.15) is 0 Å². The molecule has 4 nitrogen and oxygen atoms in total. The average Bonchev–Trinajstić information content (AvgIpc) is 2.51. The van der Waals surface area contributed by atoms with Crippen LogP contribution >= 0.6 is 0 Å². The van der Waals surface area contributed by atoms with Crippen LogP contribution in [-0.4, -0.2) is 22.2 Å². The Morgan fingerprint density at radius 1 is 0.826 bits per heavy atom. The molecule has 134 valence electrons. The number of hydrogen-bond acceptors (Lipinski definition) is 2. The van der Waals surface area contributed by atoms with E-state index in [1.165, 1.54) is 58.3 Å². The summed E-state index contributed by atoms with van der Waals surface area (Å²) in [5.74, 6) is -3.78. The number of unbranched alkanes of at least 4 members (excludes halogenated alkanes) is 9. The van der Waals surface area contributed by atoms with Crippen LogP contribution in [0.4, 0.5) is 0 Å². The highest BCUT2D eigenvalue weighted by Crippen LogP contribution is 2.17. The van der Waals surface area contributed by atoms with Gasteiger partial charge in [-0.1, -0.05) is 77.4 Å². The van der Waals surface area contributed by atoms with Crippen molar-refractivity contribution in [2.45, 2.75) is 84.5 Å². The molecular formula is C19H34O4.